The van der Waals surface area contributed by atoms with Gasteiger partial charge in [0.1, 0.15) is 24.2 Å². The molecule has 0 spiro atoms. The molecular weight excluding hydrogens is 414 g/mol. The maximum atomic E-state index is 12.0. The predicted molar refractivity (Wildman–Crippen MR) is 113 cm³/mol. The second-order valence-corrected chi connectivity index (χ2v) is 9.85. The van der Waals surface area contributed by atoms with Crippen LogP contribution in [0.2, 0.25) is 5.02 Å². The van der Waals surface area contributed by atoms with Gasteiger partial charge in [-0.25, -0.2) is 8.42 Å². The summed E-state index contributed by atoms with van der Waals surface area (Å²) in [5.41, 5.74) is 0.904. The van der Waals surface area contributed by atoms with Crippen molar-refractivity contribution < 1.29 is 23.0 Å². The first-order valence-electron chi connectivity index (χ1n) is 9.49. The van der Waals surface area contributed by atoms with Crippen molar-refractivity contribution in [3.8, 4) is 11.5 Å². The molecule has 0 aromatic heterocycles. The predicted octanol–water partition coefficient (Wildman–Crippen LogP) is 2.78. The van der Waals surface area contributed by atoms with Gasteiger partial charge in [0, 0.05) is 24.2 Å². The Hall–Kier alpha value is -1.80. The van der Waals surface area contributed by atoms with Gasteiger partial charge in [-0.05, 0) is 42.3 Å². The molecule has 1 saturated heterocycles. The third kappa shape index (κ3) is 6.34. The maximum absolute atomic E-state index is 12.0. The van der Waals surface area contributed by atoms with E-state index in [-0.39, 0.29) is 24.2 Å². The summed E-state index contributed by atoms with van der Waals surface area (Å²) >= 11 is 6.29. The van der Waals surface area contributed by atoms with E-state index in [9.17, 15) is 13.5 Å². The lowest BCUT2D eigenvalue weighted by atomic mass is 10.1. The first kappa shape index (κ1) is 21.9. The lowest BCUT2D eigenvalue weighted by Gasteiger charge is -2.30. The smallest absolute Gasteiger partial charge is 0.151 e. The van der Waals surface area contributed by atoms with Crippen LogP contribution in [0.3, 0.4) is 0 Å². The van der Waals surface area contributed by atoms with Gasteiger partial charge in [0.05, 0.1) is 18.6 Å². The molecule has 1 aliphatic heterocycles. The molecule has 1 heterocycles. The number of ether oxygens (including phenoxy) is 2. The number of rotatable bonds is 9. The lowest BCUT2D eigenvalue weighted by molar-refractivity contribution is 0.0525. The van der Waals surface area contributed by atoms with Crippen molar-refractivity contribution in [2.45, 2.75) is 25.1 Å². The van der Waals surface area contributed by atoms with Gasteiger partial charge in [0.2, 0.25) is 0 Å². The average molecular weight is 440 g/mol. The molecule has 1 aliphatic rings. The highest BCUT2D eigenvalue weighted by Gasteiger charge is 2.33. The molecule has 158 valence electrons. The largest absolute Gasteiger partial charge is 0.497 e. The van der Waals surface area contributed by atoms with Crippen molar-refractivity contribution in [3.63, 3.8) is 0 Å². The number of hydrogen-bond donors (Lipinski definition) is 1. The summed E-state index contributed by atoms with van der Waals surface area (Å²) in [6, 6.07) is 14.5. The molecule has 1 fully saturated rings. The summed E-state index contributed by atoms with van der Waals surface area (Å²) in [4.78, 5) is 1.99. The van der Waals surface area contributed by atoms with Gasteiger partial charge in [-0.3, -0.25) is 4.90 Å². The first-order chi connectivity index (χ1) is 13.9. The van der Waals surface area contributed by atoms with E-state index >= 15 is 0 Å². The standard InChI is InChI=1S/C21H26ClNO5S/c1-27-19-6-8-20(9-7-19)28-14-18(24)13-23(17-10-11-29(25,26)15-17)12-16-4-2-3-5-21(16)22/h2-9,17-18,24H,10-15H2,1H3/t17-,18-/m1/s1. The minimum atomic E-state index is -3.04. The number of halogens is 1. The van der Waals surface area contributed by atoms with E-state index in [0.717, 1.165) is 11.3 Å². The molecular formula is C21H26ClNO5S. The summed E-state index contributed by atoms with van der Waals surface area (Å²) in [6.07, 6.45) is -0.221. The molecule has 2 atom stereocenters. The van der Waals surface area contributed by atoms with Gasteiger partial charge in [-0.15, -0.1) is 0 Å². The molecule has 0 saturated carbocycles. The first-order valence-corrected chi connectivity index (χ1v) is 11.7. The van der Waals surface area contributed by atoms with Crippen LogP contribution in [0.25, 0.3) is 0 Å². The van der Waals surface area contributed by atoms with Crippen LogP contribution < -0.4 is 9.47 Å². The summed E-state index contributed by atoms with van der Waals surface area (Å²) in [5.74, 6) is 1.63. The quantitative estimate of drug-likeness (QED) is 0.647. The van der Waals surface area contributed by atoms with Gasteiger partial charge in [0.25, 0.3) is 0 Å². The van der Waals surface area contributed by atoms with Gasteiger partial charge in [-0.2, -0.15) is 0 Å². The minimum absolute atomic E-state index is 0.101. The monoisotopic (exact) mass is 439 g/mol. The van der Waals surface area contributed by atoms with Crippen LogP contribution in [0.15, 0.2) is 48.5 Å². The van der Waals surface area contributed by atoms with E-state index in [1.807, 2.05) is 29.2 Å². The van der Waals surface area contributed by atoms with E-state index < -0.39 is 15.9 Å². The number of aliphatic hydroxyl groups is 1. The number of hydrogen-bond acceptors (Lipinski definition) is 6. The Bertz CT molecular complexity index is 904. The molecule has 1 N–H and O–H groups in total. The molecule has 3 rings (SSSR count). The lowest BCUT2D eigenvalue weighted by Crippen LogP contribution is -2.42. The van der Waals surface area contributed by atoms with Gasteiger partial charge >= 0.3 is 0 Å². The number of benzene rings is 2. The third-order valence-corrected chi connectivity index (χ3v) is 7.12. The minimum Gasteiger partial charge on any atom is -0.497 e. The van der Waals surface area contributed by atoms with Crippen molar-refractivity contribution in [1.82, 2.24) is 4.90 Å². The molecule has 0 bridgehead atoms. The molecule has 0 amide bonds. The molecule has 8 heteroatoms. The van der Waals surface area contributed by atoms with E-state index in [1.54, 1.807) is 31.4 Å². The second-order valence-electron chi connectivity index (χ2n) is 7.22. The second kappa shape index (κ2) is 9.80. The zero-order valence-corrected chi connectivity index (χ0v) is 17.9. The van der Waals surface area contributed by atoms with Crippen molar-refractivity contribution >= 4 is 21.4 Å². The summed E-state index contributed by atoms with van der Waals surface area (Å²) in [7, 11) is -1.45. The highest BCUT2D eigenvalue weighted by molar-refractivity contribution is 7.91. The zero-order chi connectivity index (χ0) is 20.9. The number of aliphatic hydroxyl groups excluding tert-OH is 1. The van der Waals surface area contributed by atoms with Crippen LogP contribution >= 0.6 is 11.6 Å². The number of sulfone groups is 1. The topological polar surface area (TPSA) is 76.1 Å². The summed E-state index contributed by atoms with van der Waals surface area (Å²) < 4.78 is 34.7. The number of methoxy groups -OCH3 is 1. The van der Waals surface area contributed by atoms with E-state index in [2.05, 4.69) is 0 Å². The fourth-order valence-electron chi connectivity index (χ4n) is 3.44. The Morgan fingerprint density at radius 3 is 2.48 bits per heavy atom. The fraction of sp³-hybridized carbons (Fsp3) is 0.429. The molecule has 0 radical (unpaired) electrons. The maximum Gasteiger partial charge on any atom is 0.151 e. The van der Waals surface area contributed by atoms with E-state index in [4.69, 9.17) is 21.1 Å². The molecule has 2 aromatic rings. The van der Waals surface area contributed by atoms with Crippen molar-refractivity contribution in [2.24, 2.45) is 0 Å². The molecule has 2 aromatic carbocycles. The average Bonchev–Trinajstić information content (AvgIpc) is 3.07. The van der Waals surface area contributed by atoms with Gasteiger partial charge in [0.15, 0.2) is 9.84 Å². The Balaban J connectivity index is 1.64. The van der Waals surface area contributed by atoms with Gasteiger partial charge < -0.3 is 14.6 Å². The van der Waals surface area contributed by atoms with Crippen molar-refractivity contribution in [2.75, 3.05) is 31.8 Å². The summed E-state index contributed by atoms with van der Waals surface area (Å²) in [6.45, 7) is 0.867. The Morgan fingerprint density at radius 2 is 1.86 bits per heavy atom. The fourth-order valence-corrected chi connectivity index (χ4v) is 5.40. The van der Waals surface area contributed by atoms with Crippen LogP contribution in [-0.4, -0.2) is 62.3 Å². The van der Waals surface area contributed by atoms with Crippen LogP contribution in [0.5, 0.6) is 11.5 Å². The molecule has 29 heavy (non-hydrogen) atoms. The summed E-state index contributed by atoms with van der Waals surface area (Å²) in [5, 5.41) is 11.2. The Kier molecular flexibility index (Phi) is 7.40. The highest BCUT2D eigenvalue weighted by Crippen LogP contribution is 2.24. The normalized spacial score (nSPS) is 19.2. The van der Waals surface area contributed by atoms with Crippen LogP contribution in [0.1, 0.15) is 12.0 Å². The molecule has 0 aliphatic carbocycles. The van der Waals surface area contributed by atoms with Gasteiger partial charge in [-0.1, -0.05) is 29.8 Å². The van der Waals surface area contributed by atoms with Crippen LogP contribution in [0, 0.1) is 0 Å². The highest BCUT2D eigenvalue weighted by atomic mass is 35.5. The van der Waals surface area contributed by atoms with Crippen molar-refractivity contribution in [3.05, 3.63) is 59.1 Å². The third-order valence-electron chi connectivity index (χ3n) is 5.00. The van der Waals surface area contributed by atoms with E-state index in [1.165, 1.54) is 0 Å². The molecule has 6 nitrogen and oxygen atoms in total. The Labute approximate surface area is 176 Å². The van der Waals surface area contributed by atoms with Crippen LogP contribution in [0.4, 0.5) is 0 Å². The SMILES string of the molecule is COc1ccc(OC[C@H](O)CN(Cc2ccccc2Cl)[C@@H]2CCS(=O)(=O)C2)cc1. The zero-order valence-electron chi connectivity index (χ0n) is 16.3. The van der Waals surface area contributed by atoms with Crippen LogP contribution in [-0.2, 0) is 16.4 Å². The van der Waals surface area contributed by atoms with E-state index in [0.29, 0.717) is 30.3 Å². The number of nitrogens with zero attached hydrogens (tertiary/aromatic N) is 1. The Morgan fingerprint density at radius 1 is 1.17 bits per heavy atom. The molecule has 0 unspecified atom stereocenters. The van der Waals surface area contributed by atoms with Crippen molar-refractivity contribution in [1.29, 1.82) is 0 Å².